The first-order valence-electron chi connectivity index (χ1n) is 4.81. The number of nitrogens with zero attached hydrogens (tertiary/aromatic N) is 1. The lowest BCUT2D eigenvalue weighted by atomic mass is 10.1. The maximum atomic E-state index is 4.22. The zero-order valence-corrected chi connectivity index (χ0v) is 8.33. The number of benzene rings is 1. The van der Waals surface area contributed by atoms with Crippen LogP contribution >= 0.6 is 0 Å². The van der Waals surface area contributed by atoms with Gasteiger partial charge in [0, 0.05) is 12.6 Å². The fourth-order valence-electron chi connectivity index (χ4n) is 1.13. The van der Waals surface area contributed by atoms with E-state index in [-0.39, 0.29) is 0 Å². The Bertz CT molecular complexity index is 221. The van der Waals surface area contributed by atoms with Gasteiger partial charge in [0.05, 0.1) is 0 Å². The third-order valence-electron chi connectivity index (χ3n) is 1.92. The topological polar surface area (TPSA) is 26.1 Å². The fourth-order valence-corrected chi connectivity index (χ4v) is 1.13. The monoisotopic (exact) mass is 177 g/mol. The number of rotatable bonds is 5. The Morgan fingerprint density at radius 3 is 2.62 bits per heavy atom. The third kappa shape index (κ3) is 3.57. The molecule has 1 aromatic carbocycles. The summed E-state index contributed by atoms with van der Waals surface area (Å²) >= 11 is 0. The van der Waals surface area contributed by atoms with E-state index in [2.05, 4.69) is 36.8 Å². The summed E-state index contributed by atoms with van der Waals surface area (Å²) in [5.41, 5.74) is 8.62. The lowest BCUT2D eigenvalue weighted by molar-refractivity contribution is 0.451. The predicted octanol–water partition coefficient (Wildman–Crippen LogP) is 2.27. The molecule has 0 heterocycles. The molecule has 0 aliphatic rings. The van der Waals surface area contributed by atoms with Crippen molar-refractivity contribution in [2.45, 2.75) is 26.3 Å². The maximum Gasteiger partial charge on any atom is 0.0450 e. The second kappa shape index (κ2) is 5.73. The Balaban J connectivity index is 2.35. The van der Waals surface area contributed by atoms with Crippen molar-refractivity contribution >= 4 is 0 Å². The van der Waals surface area contributed by atoms with Crippen molar-refractivity contribution in [3.8, 4) is 0 Å². The summed E-state index contributed by atoms with van der Waals surface area (Å²) in [7, 11) is 0. The van der Waals surface area contributed by atoms with E-state index >= 15 is 0 Å². The molecule has 1 radical (unpaired) electrons. The van der Waals surface area contributed by atoms with Gasteiger partial charge in [-0.05, 0) is 18.9 Å². The third-order valence-corrected chi connectivity index (χ3v) is 1.92. The molecule has 0 saturated carbocycles. The molecule has 2 nitrogen and oxygen atoms in total. The summed E-state index contributed by atoms with van der Waals surface area (Å²) in [6.07, 6.45) is 1.09. The van der Waals surface area contributed by atoms with Crippen LogP contribution in [0, 0.1) is 0 Å². The summed E-state index contributed by atoms with van der Waals surface area (Å²) in [6.45, 7) is 5.13. The smallest absolute Gasteiger partial charge is 0.0450 e. The van der Waals surface area contributed by atoms with Crippen LogP contribution in [0.25, 0.3) is 0 Å². The van der Waals surface area contributed by atoms with E-state index in [1.54, 1.807) is 0 Å². The zero-order chi connectivity index (χ0) is 9.52. The van der Waals surface area contributed by atoms with Crippen molar-refractivity contribution < 1.29 is 0 Å². The highest BCUT2D eigenvalue weighted by Gasteiger charge is 2.02. The number of hydrogen-bond acceptors (Lipinski definition) is 1. The van der Waals surface area contributed by atoms with Crippen molar-refractivity contribution in [2.75, 3.05) is 6.54 Å². The first-order chi connectivity index (χ1) is 6.34. The molecule has 1 aromatic rings. The first kappa shape index (κ1) is 10.2. The second-order valence-corrected chi connectivity index (χ2v) is 3.14. The molecule has 1 atom stereocenters. The van der Waals surface area contributed by atoms with Gasteiger partial charge in [0.15, 0.2) is 0 Å². The standard InChI is InChI=1S/C11H17N2/c1-3-9-12-13-10(2)11-7-5-4-6-8-11/h4-8,10,13H,3,9H2,1-2H3. The highest BCUT2D eigenvalue weighted by Crippen LogP contribution is 2.09. The van der Waals surface area contributed by atoms with Gasteiger partial charge in [-0.15, -0.1) is 0 Å². The van der Waals surface area contributed by atoms with E-state index in [4.69, 9.17) is 0 Å². The average Bonchev–Trinajstić information content (AvgIpc) is 2.19. The average molecular weight is 177 g/mol. The van der Waals surface area contributed by atoms with Crippen LogP contribution in [0.15, 0.2) is 30.3 Å². The Hall–Kier alpha value is -0.860. The minimum atomic E-state index is 0.313. The van der Waals surface area contributed by atoms with Crippen LogP contribution in [-0.4, -0.2) is 6.54 Å². The van der Waals surface area contributed by atoms with Gasteiger partial charge in [-0.1, -0.05) is 37.3 Å². The SMILES string of the molecule is CCC[N]NC(C)c1ccccc1. The van der Waals surface area contributed by atoms with Crippen molar-refractivity contribution in [3.63, 3.8) is 0 Å². The minimum Gasteiger partial charge on any atom is -0.233 e. The molecule has 1 unspecified atom stereocenters. The van der Waals surface area contributed by atoms with Gasteiger partial charge in [0.1, 0.15) is 0 Å². The highest BCUT2D eigenvalue weighted by molar-refractivity contribution is 5.17. The fraction of sp³-hybridized carbons (Fsp3) is 0.455. The van der Waals surface area contributed by atoms with Gasteiger partial charge < -0.3 is 0 Å². The quantitative estimate of drug-likeness (QED) is 0.542. The van der Waals surface area contributed by atoms with Crippen LogP contribution < -0.4 is 10.9 Å². The van der Waals surface area contributed by atoms with Gasteiger partial charge in [-0.2, -0.15) is 5.43 Å². The van der Waals surface area contributed by atoms with Crippen molar-refractivity contribution in [2.24, 2.45) is 0 Å². The van der Waals surface area contributed by atoms with Crippen LogP contribution in [-0.2, 0) is 0 Å². The molecule has 0 saturated heterocycles. The summed E-state index contributed by atoms with van der Waals surface area (Å²) in [6, 6.07) is 10.7. The molecule has 0 amide bonds. The molecule has 2 heteroatoms. The Morgan fingerprint density at radius 2 is 2.00 bits per heavy atom. The molecular formula is C11H17N2. The van der Waals surface area contributed by atoms with Gasteiger partial charge in [-0.3, -0.25) is 0 Å². The van der Waals surface area contributed by atoms with Crippen molar-refractivity contribution in [3.05, 3.63) is 35.9 Å². The molecule has 0 fully saturated rings. The lowest BCUT2D eigenvalue weighted by Crippen LogP contribution is -2.28. The van der Waals surface area contributed by atoms with Crippen LogP contribution in [0.3, 0.4) is 0 Å². The van der Waals surface area contributed by atoms with E-state index in [1.165, 1.54) is 5.56 Å². The van der Waals surface area contributed by atoms with Gasteiger partial charge in [0.25, 0.3) is 0 Å². The van der Waals surface area contributed by atoms with Crippen LogP contribution in [0.2, 0.25) is 0 Å². The largest absolute Gasteiger partial charge is 0.233 e. The molecule has 1 N–H and O–H groups in total. The summed E-state index contributed by atoms with van der Waals surface area (Å²) in [5.74, 6) is 0. The molecule has 0 aromatic heterocycles. The molecule has 0 spiro atoms. The number of nitrogens with one attached hydrogen (secondary N) is 1. The summed E-state index contributed by atoms with van der Waals surface area (Å²) in [5, 5.41) is 0. The molecule has 1 rings (SSSR count). The van der Waals surface area contributed by atoms with E-state index in [0.29, 0.717) is 6.04 Å². The molecule has 0 aliphatic heterocycles. The second-order valence-electron chi connectivity index (χ2n) is 3.14. The molecule has 0 aliphatic carbocycles. The van der Waals surface area contributed by atoms with E-state index in [9.17, 15) is 0 Å². The van der Waals surface area contributed by atoms with E-state index < -0.39 is 0 Å². The van der Waals surface area contributed by atoms with Crippen LogP contribution in [0.4, 0.5) is 0 Å². The molecule has 13 heavy (non-hydrogen) atoms. The summed E-state index contributed by atoms with van der Waals surface area (Å²) in [4.78, 5) is 0. The van der Waals surface area contributed by atoms with Gasteiger partial charge >= 0.3 is 0 Å². The maximum absolute atomic E-state index is 4.22. The van der Waals surface area contributed by atoms with E-state index in [0.717, 1.165) is 13.0 Å². The van der Waals surface area contributed by atoms with Gasteiger partial charge in [0.2, 0.25) is 0 Å². The first-order valence-corrected chi connectivity index (χ1v) is 4.81. The minimum absolute atomic E-state index is 0.313. The summed E-state index contributed by atoms with van der Waals surface area (Å²) < 4.78 is 0. The van der Waals surface area contributed by atoms with Crippen LogP contribution in [0.5, 0.6) is 0 Å². The van der Waals surface area contributed by atoms with Gasteiger partial charge in [-0.25, -0.2) is 5.43 Å². The highest BCUT2D eigenvalue weighted by atomic mass is 15.4. The zero-order valence-electron chi connectivity index (χ0n) is 8.33. The molecular weight excluding hydrogens is 160 g/mol. The predicted molar refractivity (Wildman–Crippen MR) is 55.3 cm³/mol. The Labute approximate surface area is 80.3 Å². The Kier molecular flexibility index (Phi) is 4.50. The van der Waals surface area contributed by atoms with E-state index in [1.807, 2.05) is 18.2 Å². The molecule has 71 valence electrons. The van der Waals surface area contributed by atoms with Crippen LogP contribution in [0.1, 0.15) is 31.9 Å². The molecule has 0 bridgehead atoms. The normalized spacial score (nSPS) is 12.8. The number of hydrogen-bond donors (Lipinski definition) is 1. The lowest BCUT2D eigenvalue weighted by Gasteiger charge is -2.12. The van der Waals surface area contributed by atoms with Crippen molar-refractivity contribution in [1.82, 2.24) is 10.9 Å². The van der Waals surface area contributed by atoms with Crippen molar-refractivity contribution in [1.29, 1.82) is 0 Å². The Morgan fingerprint density at radius 1 is 1.31 bits per heavy atom.